The Kier molecular flexibility index (Phi) is 6.30. The number of piperidine rings is 1. The molecule has 0 aliphatic carbocycles. The second-order valence-electron chi connectivity index (χ2n) is 7.29. The predicted octanol–water partition coefficient (Wildman–Crippen LogP) is 5.27. The molecule has 0 atom stereocenters. The number of likely N-dealkylation sites (tertiary alicyclic amines) is 1. The van der Waals surface area contributed by atoms with Gasteiger partial charge in [0, 0.05) is 17.8 Å². The minimum Gasteiger partial charge on any atom is -0.471 e. The number of benzene rings is 2. The van der Waals surface area contributed by atoms with Crippen molar-refractivity contribution in [3.05, 3.63) is 71.4 Å². The molecule has 0 radical (unpaired) electrons. The van der Waals surface area contributed by atoms with Crippen LogP contribution in [0.2, 0.25) is 5.02 Å². The van der Waals surface area contributed by atoms with Crippen LogP contribution in [-0.2, 0) is 13.2 Å². The van der Waals surface area contributed by atoms with Gasteiger partial charge in [0.15, 0.2) is 0 Å². The molecule has 0 saturated carbocycles. The highest BCUT2D eigenvalue weighted by molar-refractivity contribution is 6.30. The maximum absolute atomic E-state index is 6.10. The highest BCUT2D eigenvalue weighted by Gasteiger charge is 2.15. The molecule has 28 heavy (non-hydrogen) atoms. The van der Waals surface area contributed by atoms with Gasteiger partial charge in [0.1, 0.15) is 6.61 Å². The second kappa shape index (κ2) is 9.26. The fraction of sp³-hybridized carbons (Fsp3) is 0.348. The maximum atomic E-state index is 6.10. The Hall–Kier alpha value is -2.30. The predicted molar refractivity (Wildman–Crippen MR) is 114 cm³/mol. The van der Waals surface area contributed by atoms with Gasteiger partial charge in [-0.05, 0) is 49.2 Å². The van der Waals surface area contributed by atoms with Crippen LogP contribution < -0.4 is 4.74 Å². The maximum Gasteiger partial charge on any atom is 0.241 e. The molecule has 3 aromatic rings. The van der Waals surface area contributed by atoms with Crippen molar-refractivity contribution in [2.45, 2.75) is 32.4 Å². The molecule has 0 bridgehead atoms. The molecule has 0 N–H and O–H groups in total. The van der Waals surface area contributed by atoms with E-state index in [1.807, 2.05) is 47.1 Å². The van der Waals surface area contributed by atoms with Gasteiger partial charge in [-0.25, -0.2) is 0 Å². The quantitative estimate of drug-likeness (QED) is 0.546. The summed E-state index contributed by atoms with van der Waals surface area (Å²) in [5.41, 5.74) is 3.20. The van der Waals surface area contributed by atoms with Crippen molar-refractivity contribution < 1.29 is 4.74 Å². The average molecular weight is 396 g/mol. The van der Waals surface area contributed by atoms with E-state index in [0.717, 1.165) is 34.8 Å². The lowest BCUT2D eigenvalue weighted by atomic mass is 10.1. The summed E-state index contributed by atoms with van der Waals surface area (Å²) in [5.74, 6) is 0.671. The first-order chi connectivity index (χ1) is 13.8. The van der Waals surface area contributed by atoms with Gasteiger partial charge in [0.25, 0.3) is 0 Å². The largest absolute Gasteiger partial charge is 0.471 e. The van der Waals surface area contributed by atoms with Gasteiger partial charge in [0.2, 0.25) is 5.88 Å². The van der Waals surface area contributed by atoms with Crippen LogP contribution in [0.4, 0.5) is 0 Å². The normalized spacial score (nSPS) is 14.9. The Morgan fingerprint density at radius 3 is 2.39 bits per heavy atom. The van der Waals surface area contributed by atoms with E-state index in [1.54, 1.807) is 0 Å². The molecule has 4 nitrogen and oxygen atoms in total. The van der Waals surface area contributed by atoms with Crippen molar-refractivity contribution in [3.8, 4) is 17.0 Å². The third-order valence-corrected chi connectivity index (χ3v) is 5.45. The summed E-state index contributed by atoms with van der Waals surface area (Å²) < 4.78 is 8.11. The summed E-state index contributed by atoms with van der Waals surface area (Å²) >= 11 is 6.06. The van der Waals surface area contributed by atoms with Gasteiger partial charge >= 0.3 is 0 Å². The third-order valence-electron chi connectivity index (χ3n) is 5.20. The monoisotopic (exact) mass is 395 g/mol. The van der Waals surface area contributed by atoms with Crippen LogP contribution in [0.3, 0.4) is 0 Å². The van der Waals surface area contributed by atoms with E-state index in [1.165, 1.54) is 32.4 Å². The van der Waals surface area contributed by atoms with E-state index in [2.05, 4.69) is 23.2 Å². The van der Waals surface area contributed by atoms with Crippen LogP contribution in [0.25, 0.3) is 11.1 Å². The first-order valence-electron chi connectivity index (χ1n) is 10.0. The molecule has 1 saturated heterocycles. The van der Waals surface area contributed by atoms with Crippen LogP contribution in [0.5, 0.6) is 5.88 Å². The summed E-state index contributed by atoms with van der Waals surface area (Å²) in [7, 11) is 0. The van der Waals surface area contributed by atoms with Crippen LogP contribution in [-0.4, -0.2) is 34.3 Å². The smallest absolute Gasteiger partial charge is 0.241 e. The van der Waals surface area contributed by atoms with E-state index in [0.29, 0.717) is 12.5 Å². The third kappa shape index (κ3) is 4.94. The number of halogens is 1. The Labute approximate surface area is 171 Å². The molecule has 2 heterocycles. The number of nitrogens with zero attached hydrogens (tertiary/aromatic N) is 3. The molecular formula is C23H26ClN3O. The lowest BCUT2D eigenvalue weighted by molar-refractivity contribution is 0.216. The van der Waals surface area contributed by atoms with Crippen LogP contribution >= 0.6 is 11.6 Å². The summed E-state index contributed by atoms with van der Waals surface area (Å²) in [4.78, 5) is 2.53. The lowest BCUT2D eigenvalue weighted by Gasteiger charge is -2.26. The molecule has 0 spiro atoms. The first kappa shape index (κ1) is 19.0. The van der Waals surface area contributed by atoms with Crippen molar-refractivity contribution >= 4 is 11.6 Å². The molecule has 1 aromatic heterocycles. The van der Waals surface area contributed by atoms with Crippen molar-refractivity contribution in [2.75, 3.05) is 19.6 Å². The van der Waals surface area contributed by atoms with Gasteiger partial charge in [-0.1, -0.05) is 60.5 Å². The van der Waals surface area contributed by atoms with E-state index in [9.17, 15) is 0 Å². The fourth-order valence-corrected chi connectivity index (χ4v) is 3.73. The highest BCUT2D eigenvalue weighted by Crippen LogP contribution is 2.30. The van der Waals surface area contributed by atoms with Crippen molar-refractivity contribution in [1.82, 2.24) is 14.7 Å². The average Bonchev–Trinajstić information content (AvgIpc) is 3.16. The van der Waals surface area contributed by atoms with Crippen LogP contribution in [0.1, 0.15) is 24.8 Å². The molecule has 146 valence electrons. The van der Waals surface area contributed by atoms with E-state index in [4.69, 9.17) is 21.4 Å². The molecule has 5 heteroatoms. The minimum atomic E-state index is 0.505. The van der Waals surface area contributed by atoms with Crippen molar-refractivity contribution in [1.29, 1.82) is 0 Å². The van der Waals surface area contributed by atoms with Crippen LogP contribution in [0, 0.1) is 0 Å². The fourth-order valence-electron chi connectivity index (χ4n) is 3.61. The first-order valence-corrected chi connectivity index (χ1v) is 10.4. The summed E-state index contributed by atoms with van der Waals surface area (Å²) in [6.07, 6.45) is 6.06. The number of rotatable bonds is 7. The molecule has 1 aliphatic heterocycles. The summed E-state index contributed by atoms with van der Waals surface area (Å²) in [6.45, 7) is 4.80. The lowest BCUT2D eigenvalue weighted by Crippen LogP contribution is -2.32. The van der Waals surface area contributed by atoms with Gasteiger partial charge < -0.3 is 9.64 Å². The van der Waals surface area contributed by atoms with Gasteiger partial charge in [-0.15, -0.1) is 5.10 Å². The molecule has 4 rings (SSSR count). The molecule has 2 aromatic carbocycles. The molecule has 0 amide bonds. The Morgan fingerprint density at radius 2 is 1.64 bits per heavy atom. The zero-order valence-electron chi connectivity index (χ0n) is 16.1. The second-order valence-corrected chi connectivity index (χ2v) is 7.73. The molecule has 1 fully saturated rings. The van der Waals surface area contributed by atoms with E-state index >= 15 is 0 Å². The number of ether oxygens (including phenoxy) is 1. The Balaban J connectivity index is 1.51. The molecule has 1 aliphatic rings. The van der Waals surface area contributed by atoms with Crippen molar-refractivity contribution in [2.24, 2.45) is 0 Å². The summed E-state index contributed by atoms with van der Waals surface area (Å²) in [5, 5.41) is 5.47. The highest BCUT2D eigenvalue weighted by atomic mass is 35.5. The van der Waals surface area contributed by atoms with Gasteiger partial charge in [0.05, 0.1) is 12.1 Å². The van der Waals surface area contributed by atoms with Crippen LogP contribution in [0.15, 0.2) is 60.8 Å². The number of aromatic nitrogens is 2. The minimum absolute atomic E-state index is 0.505. The Bertz CT molecular complexity index is 871. The van der Waals surface area contributed by atoms with E-state index in [-0.39, 0.29) is 0 Å². The Morgan fingerprint density at radius 1 is 0.893 bits per heavy atom. The topological polar surface area (TPSA) is 30.3 Å². The van der Waals surface area contributed by atoms with Gasteiger partial charge in [-0.3, -0.25) is 4.68 Å². The van der Waals surface area contributed by atoms with Gasteiger partial charge in [-0.2, -0.15) is 0 Å². The van der Waals surface area contributed by atoms with E-state index < -0.39 is 0 Å². The zero-order valence-corrected chi connectivity index (χ0v) is 16.8. The summed E-state index contributed by atoms with van der Waals surface area (Å²) in [6, 6.07) is 18.0. The molecular weight excluding hydrogens is 370 g/mol. The van der Waals surface area contributed by atoms with Crippen molar-refractivity contribution in [3.63, 3.8) is 0 Å². The molecule has 0 unspecified atom stereocenters. The zero-order chi connectivity index (χ0) is 19.2. The standard InChI is InChI=1S/C23H26ClN3O/c24-21-11-9-20(10-12-21)22-17-27(16-15-26-13-5-2-6-14-26)25-23(22)28-18-19-7-3-1-4-8-19/h1,3-4,7-12,17H,2,5-6,13-16,18H2. The number of hydrogen-bond donors (Lipinski definition) is 0. The number of hydrogen-bond acceptors (Lipinski definition) is 3. The SMILES string of the molecule is Clc1ccc(-c2cn(CCN3CCCCC3)nc2OCc2ccccc2)cc1.